The van der Waals surface area contributed by atoms with Crippen molar-refractivity contribution in [3.8, 4) is 0 Å². The Hall–Kier alpha value is -2.60. The third-order valence-electron chi connectivity index (χ3n) is 6.19. The summed E-state index contributed by atoms with van der Waals surface area (Å²) in [5.74, 6) is 0.201. The normalized spacial score (nSPS) is 20.8. The second kappa shape index (κ2) is 7.58. The monoisotopic (exact) mass is 418 g/mol. The van der Waals surface area contributed by atoms with Gasteiger partial charge in [0, 0.05) is 17.5 Å². The van der Waals surface area contributed by atoms with Crippen molar-refractivity contribution >= 4 is 45.3 Å². The molecule has 1 aliphatic heterocycles. The average Bonchev–Trinajstić information content (AvgIpc) is 3.14. The molecule has 1 aliphatic rings. The molecule has 3 heterocycles. The van der Waals surface area contributed by atoms with Crippen LogP contribution in [0.15, 0.2) is 53.7 Å². The lowest BCUT2D eigenvalue weighted by Gasteiger charge is -2.40. The number of imidazole rings is 1. The summed E-state index contributed by atoms with van der Waals surface area (Å²) in [6, 6.07) is 16.8. The van der Waals surface area contributed by atoms with Gasteiger partial charge in [-0.25, -0.2) is 9.97 Å². The molecule has 5 rings (SSSR count). The van der Waals surface area contributed by atoms with Crippen molar-refractivity contribution in [2.45, 2.75) is 62.5 Å². The number of likely N-dealkylation sites (tertiary alicyclic amines) is 1. The van der Waals surface area contributed by atoms with Crippen LogP contribution in [0.5, 0.6) is 0 Å². The maximum absolute atomic E-state index is 13.4. The van der Waals surface area contributed by atoms with E-state index in [1.807, 2.05) is 43.3 Å². The maximum Gasteiger partial charge on any atom is 0.236 e. The van der Waals surface area contributed by atoms with Gasteiger partial charge >= 0.3 is 0 Å². The fourth-order valence-corrected chi connectivity index (χ4v) is 5.65. The third-order valence-corrected chi connectivity index (χ3v) is 7.23. The lowest BCUT2D eigenvalue weighted by molar-refractivity contribution is -0.136. The summed E-state index contributed by atoms with van der Waals surface area (Å²) in [7, 11) is 0. The Labute approximate surface area is 180 Å². The van der Waals surface area contributed by atoms with Crippen LogP contribution >= 0.6 is 11.8 Å². The molecule has 0 bridgehead atoms. The van der Waals surface area contributed by atoms with E-state index in [9.17, 15) is 4.79 Å². The Kier molecular flexibility index (Phi) is 4.89. The van der Waals surface area contributed by atoms with E-state index in [1.54, 1.807) is 0 Å². The van der Waals surface area contributed by atoms with E-state index >= 15 is 0 Å². The molecule has 2 aromatic carbocycles. The number of carbonyl (C=O) groups is 1. The molecule has 0 saturated carbocycles. The molecule has 0 spiro atoms. The van der Waals surface area contributed by atoms with Crippen LogP contribution < -0.4 is 0 Å². The van der Waals surface area contributed by atoms with Gasteiger partial charge in [-0.2, -0.15) is 0 Å². The Morgan fingerprint density at radius 3 is 2.43 bits per heavy atom. The number of hydrogen-bond donors (Lipinski definition) is 0. The van der Waals surface area contributed by atoms with E-state index < -0.39 is 0 Å². The Bertz CT molecular complexity index is 1240. The molecule has 0 aliphatic carbocycles. The SMILES string of the molecule is C[C@@H](Sc1nc2ccccc2c2nc3ccccc3n12)C(=O)N1[C@@H](C)CCC[C@@H]1C. The first-order valence-electron chi connectivity index (χ1n) is 10.7. The molecule has 0 unspecified atom stereocenters. The van der Waals surface area contributed by atoms with Gasteiger partial charge in [0.05, 0.1) is 21.8 Å². The Morgan fingerprint density at radius 1 is 1.00 bits per heavy atom. The van der Waals surface area contributed by atoms with Crippen LogP contribution in [0.25, 0.3) is 27.6 Å². The van der Waals surface area contributed by atoms with Gasteiger partial charge in [-0.05, 0) is 64.3 Å². The molecule has 1 amide bonds. The predicted octanol–water partition coefficient (Wildman–Crippen LogP) is 5.31. The number of benzene rings is 2. The molecule has 1 fully saturated rings. The summed E-state index contributed by atoms with van der Waals surface area (Å²) >= 11 is 1.53. The molecule has 5 nitrogen and oxygen atoms in total. The quantitative estimate of drug-likeness (QED) is 0.334. The third kappa shape index (κ3) is 3.14. The van der Waals surface area contributed by atoms with Crippen LogP contribution in [-0.2, 0) is 4.79 Å². The minimum atomic E-state index is -0.217. The summed E-state index contributed by atoms with van der Waals surface area (Å²) in [5.41, 5.74) is 3.76. The minimum Gasteiger partial charge on any atom is -0.336 e. The smallest absolute Gasteiger partial charge is 0.236 e. The highest BCUT2D eigenvalue weighted by atomic mass is 32.2. The first-order chi connectivity index (χ1) is 14.5. The van der Waals surface area contributed by atoms with Gasteiger partial charge in [0.2, 0.25) is 5.91 Å². The van der Waals surface area contributed by atoms with E-state index in [0.29, 0.717) is 12.1 Å². The Morgan fingerprint density at radius 2 is 1.67 bits per heavy atom. The molecule has 0 radical (unpaired) electrons. The summed E-state index contributed by atoms with van der Waals surface area (Å²) in [6.45, 7) is 6.34. The predicted molar refractivity (Wildman–Crippen MR) is 123 cm³/mol. The number of amides is 1. The van der Waals surface area contributed by atoms with Crippen LogP contribution in [0.4, 0.5) is 0 Å². The molecule has 154 valence electrons. The van der Waals surface area contributed by atoms with Crippen LogP contribution in [0.2, 0.25) is 0 Å². The number of nitrogens with zero attached hydrogens (tertiary/aromatic N) is 4. The standard InChI is InChI=1S/C24H26N4OS/c1-15-9-8-10-16(2)27(15)23(29)17(3)30-24-26-19-12-5-4-11-18(19)22-25-20-13-6-7-14-21(20)28(22)24/h4-7,11-17H,8-10H2,1-3H3/t15-,16-,17+/m0/s1. The van der Waals surface area contributed by atoms with Crippen molar-refractivity contribution in [3.05, 3.63) is 48.5 Å². The second-order valence-corrected chi connectivity index (χ2v) is 9.61. The van der Waals surface area contributed by atoms with Gasteiger partial charge in [0.25, 0.3) is 0 Å². The number of hydrogen-bond acceptors (Lipinski definition) is 4. The topological polar surface area (TPSA) is 50.5 Å². The van der Waals surface area contributed by atoms with E-state index in [4.69, 9.17) is 9.97 Å². The summed E-state index contributed by atoms with van der Waals surface area (Å²) in [6.07, 6.45) is 3.36. The molecule has 2 aromatic heterocycles. The number of rotatable bonds is 3. The van der Waals surface area contributed by atoms with Gasteiger partial charge in [0.1, 0.15) is 5.65 Å². The van der Waals surface area contributed by atoms with E-state index in [0.717, 1.165) is 45.6 Å². The number of piperidine rings is 1. The van der Waals surface area contributed by atoms with E-state index in [2.05, 4.69) is 35.3 Å². The number of aromatic nitrogens is 3. The lowest BCUT2D eigenvalue weighted by atomic mass is 9.97. The van der Waals surface area contributed by atoms with E-state index in [1.165, 1.54) is 18.2 Å². The largest absolute Gasteiger partial charge is 0.336 e. The van der Waals surface area contributed by atoms with Gasteiger partial charge in [-0.1, -0.05) is 36.0 Å². The first-order valence-corrected chi connectivity index (χ1v) is 11.6. The molecular weight excluding hydrogens is 392 g/mol. The number of carbonyl (C=O) groups excluding carboxylic acids is 1. The minimum absolute atomic E-state index is 0.201. The summed E-state index contributed by atoms with van der Waals surface area (Å²) < 4.78 is 2.11. The zero-order valence-corrected chi connectivity index (χ0v) is 18.4. The Balaban J connectivity index is 1.60. The van der Waals surface area contributed by atoms with Gasteiger partial charge in [-0.15, -0.1) is 0 Å². The highest BCUT2D eigenvalue weighted by Crippen LogP contribution is 2.33. The van der Waals surface area contributed by atoms with Crippen LogP contribution in [-0.4, -0.2) is 42.5 Å². The van der Waals surface area contributed by atoms with Crippen molar-refractivity contribution in [2.24, 2.45) is 0 Å². The highest BCUT2D eigenvalue weighted by molar-refractivity contribution is 8.00. The maximum atomic E-state index is 13.4. The van der Waals surface area contributed by atoms with E-state index in [-0.39, 0.29) is 11.2 Å². The summed E-state index contributed by atoms with van der Waals surface area (Å²) in [4.78, 5) is 25.3. The second-order valence-electron chi connectivity index (χ2n) is 8.31. The van der Waals surface area contributed by atoms with Gasteiger partial charge in [-0.3, -0.25) is 9.20 Å². The molecule has 0 N–H and O–H groups in total. The average molecular weight is 419 g/mol. The first kappa shape index (κ1) is 19.4. The fraction of sp³-hybridized carbons (Fsp3) is 0.375. The number of fused-ring (bicyclic) bond motifs is 5. The molecule has 3 atom stereocenters. The van der Waals surface area contributed by atoms with Crippen LogP contribution in [0.1, 0.15) is 40.0 Å². The number of thioether (sulfide) groups is 1. The molecule has 1 saturated heterocycles. The zero-order valence-electron chi connectivity index (χ0n) is 17.6. The van der Waals surface area contributed by atoms with Crippen molar-refractivity contribution in [3.63, 3.8) is 0 Å². The van der Waals surface area contributed by atoms with Crippen molar-refractivity contribution in [1.82, 2.24) is 19.3 Å². The molecule has 6 heteroatoms. The molecule has 4 aromatic rings. The van der Waals surface area contributed by atoms with Crippen molar-refractivity contribution in [2.75, 3.05) is 0 Å². The van der Waals surface area contributed by atoms with Gasteiger partial charge < -0.3 is 4.90 Å². The van der Waals surface area contributed by atoms with Crippen LogP contribution in [0.3, 0.4) is 0 Å². The van der Waals surface area contributed by atoms with Crippen LogP contribution in [0, 0.1) is 0 Å². The van der Waals surface area contributed by atoms with Crippen molar-refractivity contribution in [1.29, 1.82) is 0 Å². The number of para-hydroxylation sites is 3. The molecular formula is C24H26N4OS. The van der Waals surface area contributed by atoms with Gasteiger partial charge in [0.15, 0.2) is 5.16 Å². The molecule has 30 heavy (non-hydrogen) atoms. The van der Waals surface area contributed by atoms with Crippen molar-refractivity contribution < 1.29 is 4.79 Å². The fourth-order valence-electron chi connectivity index (χ4n) is 4.67. The lowest BCUT2D eigenvalue weighted by Crippen LogP contribution is -2.50. The summed E-state index contributed by atoms with van der Waals surface area (Å²) in [5, 5.41) is 1.62. The highest BCUT2D eigenvalue weighted by Gasteiger charge is 2.32. The zero-order chi connectivity index (χ0) is 20.8.